The maximum Gasteiger partial charge on any atom is 0.229 e. The number of carbonyl (C=O) groups is 2. The van der Waals surface area contributed by atoms with Gasteiger partial charge in [-0.1, -0.05) is 30.3 Å². The molecule has 0 radical (unpaired) electrons. The fraction of sp³-hybridized carbons (Fsp3) is 0.300. The van der Waals surface area contributed by atoms with Crippen LogP contribution in [-0.4, -0.2) is 26.0 Å². The minimum atomic E-state index is -0.331. The molecule has 2 rings (SSSR count). The van der Waals surface area contributed by atoms with Crippen molar-refractivity contribution in [3.05, 3.63) is 59.2 Å². The second-order valence-electron chi connectivity index (χ2n) is 5.85. The first kappa shape index (κ1) is 19.3. The maximum atomic E-state index is 12.0. The van der Waals surface area contributed by atoms with Gasteiger partial charge in [-0.05, 0) is 35.7 Å². The van der Waals surface area contributed by atoms with Gasteiger partial charge in [0.2, 0.25) is 11.8 Å². The summed E-state index contributed by atoms with van der Waals surface area (Å²) < 4.78 is 10.4. The van der Waals surface area contributed by atoms with Crippen LogP contribution in [0.4, 0.5) is 0 Å². The van der Waals surface area contributed by atoms with Crippen molar-refractivity contribution < 1.29 is 19.1 Å². The van der Waals surface area contributed by atoms with Gasteiger partial charge in [0.05, 0.1) is 14.2 Å². The van der Waals surface area contributed by atoms with Crippen molar-refractivity contribution in [2.75, 3.05) is 14.2 Å². The zero-order valence-electron chi connectivity index (χ0n) is 15.3. The molecule has 0 saturated heterocycles. The van der Waals surface area contributed by atoms with Gasteiger partial charge in [-0.2, -0.15) is 0 Å². The SMILES string of the molecule is COc1ccc(CNC(=O)CC(=O)NCc2ccccc2C)cc1OC. The molecule has 0 aliphatic rings. The number of hydrogen-bond donors (Lipinski definition) is 2. The van der Waals surface area contributed by atoms with Crippen LogP contribution in [0.2, 0.25) is 0 Å². The Balaban J connectivity index is 1.79. The Kier molecular flexibility index (Phi) is 7.02. The normalized spacial score (nSPS) is 10.1. The Bertz CT molecular complexity index is 774. The molecule has 2 aromatic carbocycles. The van der Waals surface area contributed by atoms with E-state index in [1.807, 2.05) is 37.3 Å². The number of ether oxygens (including phenoxy) is 2. The third-order valence-corrected chi connectivity index (χ3v) is 4.00. The lowest BCUT2D eigenvalue weighted by atomic mass is 10.1. The van der Waals surface area contributed by atoms with Gasteiger partial charge >= 0.3 is 0 Å². The van der Waals surface area contributed by atoms with Gasteiger partial charge in [-0.25, -0.2) is 0 Å². The van der Waals surface area contributed by atoms with E-state index in [2.05, 4.69) is 10.6 Å². The molecule has 0 unspecified atom stereocenters. The summed E-state index contributed by atoms with van der Waals surface area (Å²) in [6.07, 6.45) is -0.209. The molecule has 2 N–H and O–H groups in total. The number of carbonyl (C=O) groups excluding carboxylic acids is 2. The molecule has 2 aromatic rings. The number of methoxy groups -OCH3 is 2. The number of nitrogens with one attached hydrogen (secondary N) is 2. The summed E-state index contributed by atoms with van der Waals surface area (Å²) in [5.74, 6) is 0.577. The quantitative estimate of drug-likeness (QED) is 0.712. The summed E-state index contributed by atoms with van der Waals surface area (Å²) in [6.45, 7) is 2.70. The molecule has 0 saturated carbocycles. The molecule has 26 heavy (non-hydrogen) atoms. The predicted octanol–water partition coefficient (Wildman–Crippen LogP) is 2.33. The van der Waals surface area contributed by atoms with E-state index < -0.39 is 0 Å². The number of aryl methyl sites for hydroxylation is 1. The van der Waals surface area contributed by atoms with Gasteiger partial charge in [-0.3, -0.25) is 9.59 Å². The molecular weight excluding hydrogens is 332 g/mol. The van der Waals surface area contributed by atoms with Gasteiger partial charge in [0, 0.05) is 13.1 Å². The smallest absolute Gasteiger partial charge is 0.229 e. The zero-order chi connectivity index (χ0) is 18.9. The molecule has 0 atom stereocenters. The largest absolute Gasteiger partial charge is 0.493 e. The van der Waals surface area contributed by atoms with Crippen molar-refractivity contribution in [1.82, 2.24) is 10.6 Å². The standard InChI is InChI=1S/C20H24N2O4/c1-14-6-4-5-7-16(14)13-22-20(24)11-19(23)21-12-15-8-9-17(25-2)18(10-15)26-3/h4-10H,11-13H2,1-3H3,(H,21,23)(H,22,24). The van der Waals surface area contributed by atoms with Crippen LogP contribution in [-0.2, 0) is 22.7 Å². The molecule has 0 bridgehead atoms. The van der Waals surface area contributed by atoms with Crippen LogP contribution < -0.4 is 20.1 Å². The Morgan fingerprint density at radius 1 is 0.885 bits per heavy atom. The number of rotatable bonds is 8. The molecule has 0 aromatic heterocycles. The molecule has 138 valence electrons. The second kappa shape index (κ2) is 9.46. The first-order valence-corrected chi connectivity index (χ1v) is 8.32. The topological polar surface area (TPSA) is 76.7 Å². The highest BCUT2D eigenvalue weighted by Gasteiger charge is 2.10. The molecule has 2 amide bonds. The Morgan fingerprint density at radius 2 is 1.54 bits per heavy atom. The molecule has 0 aliphatic carbocycles. The molecule has 6 heteroatoms. The Morgan fingerprint density at radius 3 is 2.19 bits per heavy atom. The van der Waals surface area contributed by atoms with E-state index in [-0.39, 0.29) is 18.2 Å². The lowest BCUT2D eigenvalue weighted by molar-refractivity contribution is -0.129. The van der Waals surface area contributed by atoms with Crippen molar-refractivity contribution in [3.63, 3.8) is 0 Å². The van der Waals surface area contributed by atoms with E-state index in [0.29, 0.717) is 24.6 Å². The molecule has 0 heterocycles. The predicted molar refractivity (Wildman–Crippen MR) is 99.0 cm³/mol. The van der Waals surface area contributed by atoms with Crippen LogP contribution in [0.3, 0.4) is 0 Å². The number of amides is 2. The first-order chi connectivity index (χ1) is 12.5. The highest BCUT2D eigenvalue weighted by molar-refractivity contribution is 5.96. The summed E-state index contributed by atoms with van der Waals surface area (Å²) >= 11 is 0. The number of hydrogen-bond acceptors (Lipinski definition) is 4. The summed E-state index contributed by atoms with van der Waals surface area (Å²) in [7, 11) is 3.12. The van der Waals surface area contributed by atoms with Gasteiger partial charge < -0.3 is 20.1 Å². The van der Waals surface area contributed by atoms with Crippen molar-refractivity contribution in [3.8, 4) is 11.5 Å². The van der Waals surface area contributed by atoms with Crippen LogP contribution in [0.1, 0.15) is 23.1 Å². The molecule has 0 fully saturated rings. The van der Waals surface area contributed by atoms with Gasteiger partial charge in [0.1, 0.15) is 6.42 Å². The van der Waals surface area contributed by atoms with Crippen LogP contribution >= 0.6 is 0 Å². The van der Waals surface area contributed by atoms with E-state index in [1.54, 1.807) is 26.4 Å². The third kappa shape index (κ3) is 5.51. The van der Waals surface area contributed by atoms with E-state index in [9.17, 15) is 9.59 Å². The van der Waals surface area contributed by atoms with Crippen LogP contribution in [0.25, 0.3) is 0 Å². The van der Waals surface area contributed by atoms with Crippen LogP contribution in [0.5, 0.6) is 11.5 Å². The number of benzene rings is 2. The third-order valence-electron chi connectivity index (χ3n) is 4.00. The van der Waals surface area contributed by atoms with Crippen molar-refractivity contribution in [2.45, 2.75) is 26.4 Å². The van der Waals surface area contributed by atoms with Crippen LogP contribution in [0, 0.1) is 6.92 Å². The summed E-state index contributed by atoms with van der Waals surface area (Å²) in [5, 5.41) is 5.50. The minimum absolute atomic E-state index is 0.209. The van der Waals surface area contributed by atoms with Crippen molar-refractivity contribution >= 4 is 11.8 Å². The van der Waals surface area contributed by atoms with Crippen molar-refractivity contribution in [2.24, 2.45) is 0 Å². The van der Waals surface area contributed by atoms with Gasteiger partial charge in [-0.15, -0.1) is 0 Å². The lowest BCUT2D eigenvalue weighted by Crippen LogP contribution is -2.31. The van der Waals surface area contributed by atoms with E-state index in [4.69, 9.17) is 9.47 Å². The first-order valence-electron chi connectivity index (χ1n) is 8.32. The highest BCUT2D eigenvalue weighted by atomic mass is 16.5. The molecular formula is C20H24N2O4. The fourth-order valence-electron chi connectivity index (χ4n) is 2.46. The van der Waals surface area contributed by atoms with E-state index in [0.717, 1.165) is 16.7 Å². The van der Waals surface area contributed by atoms with E-state index >= 15 is 0 Å². The van der Waals surface area contributed by atoms with Crippen molar-refractivity contribution in [1.29, 1.82) is 0 Å². The summed E-state index contributed by atoms with van der Waals surface area (Å²) in [5.41, 5.74) is 2.99. The zero-order valence-corrected chi connectivity index (χ0v) is 15.3. The average molecular weight is 356 g/mol. The maximum absolute atomic E-state index is 12.0. The Labute approximate surface area is 153 Å². The lowest BCUT2D eigenvalue weighted by Gasteiger charge is -2.11. The molecule has 6 nitrogen and oxygen atoms in total. The van der Waals surface area contributed by atoms with Gasteiger partial charge in [0.15, 0.2) is 11.5 Å². The average Bonchev–Trinajstić information content (AvgIpc) is 2.65. The monoisotopic (exact) mass is 356 g/mol. The highest BCUT2D eigenvalue weighted by Crippen LogP contribution is 2.27. The minimum Gasteiger partial charge on any atom is -0.493 e. The second-order valence-corrected chi connectivity index (χ2v) is 5.85. The summed E-state index contributed by atoms with van der Waals surface area (Å²) in [4.78, 5) is 23.9. The molecule has 0 aliphatic heterocycles. The van der Waals surface area contributed by atoms with Gasteiger partial charge in [0.25, 0.3) is 0 Å². The summed E-state index contributed by atoms with van der Waals surface area (Å²) in [6, 6.07) is 13.2. The molecule has 0 spiro atoms. The van der Waals surface area contributed by atoms with Crippen LogP contribution in [0.15, 0.2) is 42.5 Å². The Hall–Kier alpha value is -3.02. The van der Waals surface area contributed by atoms with E-state index in [1.165, 1.54) is 0 Å². The fourth-order valence-corrected chi connectivity index (χ4v) is 2.46.